The molecule has 3 N–H and O–H groups in total. The highest BCUT2D eigenvalue weighted by Crippen LogP contribution is 2.34. The van der Waals surface area contributed by atoms with Gasteiger partial charge in [0.2, 0.25) is 5.91 Å². The van der Waals surface area contributed by atoms with E-state index in [-0.39, 0.29) is 17.9 Å². The van der Waals surface area contributed by atoms with Crippen LogP contribution >= 0.6 is 0 Å². The van der Waals surface area contributed by atoms with Crippen LogP contribution in [0.4, 0.5) is 11.6 Å². The van der Waals surface area contributed by atoms with Gasteiger partial charge in [-0.3, -0.25) is 9.59 Å². The largest absolute Gasteiger partial charge is 0.383 e. The summed E-state index contributed by atoms with van der Waals surface area (Å²) in [5, 5.41) is 8.41. The summed E-state index contributed by atoms with van der Waals surface area (Å²) in [7, 11) is 3.93. The molecular weight excluding hydrogens is 506 g/mol. The van der Waals surface area contributed by atoms with Gasteiger partial charge in [-0.25, -0.2) is 19.6 Å². The summed E-state index contributed by atoms with van der Waals surface area (Å²) in [6.07, 6.45) is 8.32. The molecule has 4 aromatic rings. The van der Waals surface area contributed by atoms with Crippen LogP contribution < -0.4 is 11.1 Å². The van der Waals surface area contributed by atoms with E-state index < -0.39 is 0 Å². The van der Waals surface area contributed by atoms with Crippen molar-refractivity contribution in [1.82, 2.24) is 34.5 Å². The number of nitrogen functional groups attached to an aromatic ring is 1. The van der Waals surface area contributed by atoms with E-state index in [0.717, 1.165) is 24.0 Å². The van der Waals surface area contributed by atoms with Crippen LogP contribution in [-0.2, 0) is 4.79 Å². The van der Waals surface area contributed by atoms with Gasteiger partial charge in [0.05, 0.1) is 11.4 Å². The normalized spacial score (nSPS) is 15.7. The molecule has 1 aliphatic heterocycles. The van der Waals surface area contributed by atoms with Gasteiger partial charge in [-0.05, 0) is 63.7 Å². The maximum absolute atomic E-state index is 12.8. The number of hydrogen-bond donors (Lipinski definition) is 2. The molecule has 11 heteroatoms. The van der Waals surface area contributed by atoms with Gasteiger partial charge in [0.1, 0.15) is 23.7 Å². The van der Waals surface area contributed by atoms with Crippen LogP contribution in [0.5, 0.6) is 0 Å². The number of carbonyl (C=O) groups excluding carboxylic acids is 2. The van der Waals surface area contributed by atoms with Gasteiger partial charge in [-0.1, -0.05) is 18.2 Å². The second-order valence-corrected chi connectivity index (χ2v) is 10.2. The van der Waals surface area contributed by atoms with E-state index in [1.807, 2.05) is 65.8 Å². The molecule has 0 bridgehead atoms. The molecule has 0 saturated carbocycles. The average Bonchev–Trinajstić information content (AvgIpc) is 3.34. The number of nitrogens with zero attached hydrogens (tertiary/aromatic N) is 7. The van der Waals surface area contributed by atoms with Crippen molar-refractivity contribution in [3.05, 3.63) is 72.2 Å². The second kappa shape index (κ2) is 11.6. The Balaban J connectivity index is 1.40. The number of pyridine rings is 1. The predicted molar refractivity (Wildman–Crippen MR) is 155 cm³/mol. The Kier molecular flexibility index (Phi) is 7.83. The molecule has 1 aliphatic rings. The lowest BCUT2D eigenvalue weighted by Gasteiger charge is -2.32. The Morgan fingerprint density at radius 1 is 1.15 bits per heavy atom. The molecule has 1 atom stereocenters. The number of aromatic nitrogens is 5. The number of fused-ring (bicyclic) bond motifs is 1. The SMILES string of the molecule is Cc1ccnc(NC(=O)c2ccc(-c3nn([C@@H]4CCCN(C(=O)C=CCN(C)C)C4)c4ncnc(N)c34)cc2)c1. The molecule has 0 unspecified atom stereocenters. The molecule has 5 rings (SSSR count). The first kappa shape index (κ1) is 26.9. The standard InChI is InChI=1S/C29H33N9O2/c1-19-12-13-31-23(16-19)34-29(40)21-10-8-20(9-11-21)26-25-27(30)32-18-33-28(25)38(35-26)22-6-4-15-37(17-22)24(39)7-5-14-36(2)3/h5,7-13,16,18,22H,4,6,14-15,17H2,1-3H3,(H2,30,32,33)(H,31,34,40)/t22-/m1/s1. The molecule has 0 spiro atoms. The number of amides is 2. The van der Waals surface area contributed by atoms with E-state index in [9.17, 15) is 9.59 Å². The zero-order chi connectivity index (χ0) is 28.2. The maximum Gasteiger partial charge on any atom is 0.256 e. The minimum atomic E-state index is -0.255. The predicted octanol–water partition coefficient (Wildman–Crippen LogP) is 3.31. The number of carbonyl (C=O) groups is 2. The third-order valence-electron chi connectivity index (χ3n) is 6.88. The fourth-order valence-electron chi connectivity index (χ4n) is 4.85. The minimum Gasteiger partial charge on any atom is -0.383 e. The Hall–Kier alpha value is -4.64. The molecular formula is C29H33N9O2. The third kappa shape index (κ3) is 5.84. The van der Waals surface area contributed by atoms with Crippen molar-refractivity contribution in [1.29, 1.82) is 0 Å². The van der Waals surface area contributed by atoms with E-state index in [4.69, 9.17) is 10.8 Å². The summed E-state index contributed by atoms with van der Waals surface area (Å²) in [5.74, 6) is 0.562. The average molecular weight is 540 g/mol. The van der Waals surface area contributed by atoms with Crippen LogP contribution in [-0.4, -0.2) is 80.1 Å². The van der Waals surface area contributed by atoms with Crippen molar-refractivity contribution >= 4 is 34.5 Å². The molecule has 206 valence electrons. The Morgan fingerprint density at radius 2 is 1.95 bits per heavy atom. The first-order chi connectivity index (χ1) is 19.3. The van der Waals surface area contributed by atoms with E-state index in [1.165, 1.54) is 6.33 Å². The van der Waals surface area contributed by atoms with Crippen molar-refractivity contribution in [2.45, 2.75) is 25.8 Å². The van der Waals surface area contributed by atoms with Crippen molar-refractivity contribution in [2.75, 3.05) is 44.8 Å². The van der Waals surface area contributed by atoms with Gasteiger partial charge in [0.25, 0.3) is 5.91 Å². The fraction of sp³-hybridized carbons (Fsp3) is 0.310. The van der Waals surface area contributed by atoms with Gasteiger partial charge < -0.3 is 20.9 Å². The highest BCUT2D eigenvalue weighted by atomic mass is 16.2. The van der Waals surface area contributed by atoms with Crippen molar-refractivity contribution in [2.24, 2.45) is 0 Å². The topological polar surface area (TPSA) is 135 Å². The van der Waals surface area contributed by atoms with Crippen molar-refractivity contribution in [3.8, 4) is 11.3 Å². The highest BCUT2D eigenvalue weighted by molar-refractivity contribution is 6.04. The number of rotatable bonds is 7. The minimum absolute atomic E-state index is 0.00731. The zero-order valence-electron chi connectivity index (χ0n) is 22.9. The first-order valence-corrected chi connectivity index (χ1v) is 13.2. The number of anilines is 2. The van der Waals surface area contributed by atoms with Gasteiger partial charge in [-0.15, -0.1) is 0 Å². The number of likely N-dealkylation sites (N-methyl/N-ethyl adjacent to an activating group) is 1. The van der Waals surface area contributed by atoms with Crippen LogP contribution in [0.1, 0.15) is 34.8 Å². The van der Waals surface area contributed by atoms with Crippen molar-refractivity contribution < 1.29 is 9.59 Å². The lowest BCUT2D eigenvalue weighted by atomic mass is 10.1. The number of hydrogen-bond acceptors (Lipinski definition) is 8. The van der Waals surface area contributed by atoms with E-state index in [2.05, 4.69) is 20.3 Å². The summed E-state index contributed by atoms with van der Waals surface area (Å²) in [6.45, 7) is 3.87. The lowest BCUT2D eigenvalue weighted by molar-refractivity contribution is -0.127. The van der Waals surface area contributed by atoms with Crippen LogP contribution in [0.2, 0.25) is 0 Å². The summed E-state index contributed by atoms with van der Waals surface area (Å²) >= 11 is 0. The summed E-state index contributed by atoms with van der Waals surface area (Å²) in [4.78, 5) is 42.4. The van der Waals surface area contributed by atoms with E-state index in [0.29, 0.717) is 53.6 Å². The van der Waals surface area contributed by atoms with Crippen LogP contribution in [0.3, 0.4) is 0 Å². The molecule has 1 saturated heterocycles. The number of aryl methyl sites for hydroxylation is 1. The van der Waals surface area contributed by atoms with E-state index in [1.54, 1.807) is 24.4 Å². The number of likely N-dealkylation sites (tertiary alicyclic amines) is 1. The Labute approximate surface area is 232 Å². The third-order valence-corrected chi connectivity index (χ3v) is 6.88. The maximum atomic E-state index is 12.8. The quantitative estimate of drug-likeness (QED) is 0.342. The zero-order valence-corrected chi connectivity index (χ0v) is 22.9. The molecule has 1 fully saturated rings. The van der Waals surface area contributed by atoms with Crippen LogP contribution in [0.25, 0.3) is 22.3 Å². The molecule has 1 aromatic carbocycles. The fourth-order valence-corrected chi connectivity index (χ4v) is 4.85. The summed E-state index contributed by atoms with van der Waals surface area (Å²) in [5.41, 5.74) is 9.85. The van der Waals surface area contributed by atoms with Crippen LogP contribution in [0.15, 0.2) is 61.1 Å². The Morgan fingerprint density at radius 3 is 2.70 bits per heavy atom. The first-order valence-electron chi connectivity index (χ1n) is 13.2. The molecule has 0 radical (unpaired) electrons. The van der Waals surface area contributed by atoms with Gasteiger partial charge >= 0.3 is 0 Å². The monoisotopic (exact) mass is 539 g/mol. The lowest BCUT2D eigenvalue weighted by Crippen LogP contribution is -2.40. The Bertz CT molecular complexity index is 1560. The molecule has 4 heterocycles. The van der Waals surface area contributed by atoms with Crippen LogP contribution in [0, 0.1) is 6.92 Å². The molecule has 3 aromatic heterocycles. The highest BCUT2D eigenvalue weighted by Gasteiger charge is 2.28. The molecule has 40 heavy (non-hydrogen) atoms. The number of nitrogens with one attached hydrogen (secondary N) is 1. The number of nitrogens with two attached hydrogens (primary N) is 1. The van der Waals surface area contributed by atoms with Gasteiger partial charge in [0.15, 0.2) is 5.65 Å². The number of benzene rings is 1. The molecule has 0 aliphatic carbocycles. The second-order valence-electron chi connectivity index (χ2n) is 10.2. The summed E-state index contributed by atoms with van der Waals surface area (Å²) in [6, 6.07) is 10.8. The van der Waals surface area contributed by atoms with E-state index >= 15 is 0 Å². The molecule has 11 nitrogen and oxygen atoms in total. The summed E-state index contributed by atoms with van der Waals surface area (Å²) < 4.78 is 1.87. The molecule has 2 amide bonds. The van der Waals surface area contributed by atoms with Gasteiger partial charge in [0, 0.05) is 43.0 Å². The smallest absolute Gasteiger partial charge is 0.256 e. The van der Waals surface area contributed by atoms with Crippen molar-refractivity contribution in [3.63, 3.8) is 0 Å². The van der Waals surface area contributed by atoms with Gasteiger partial charge in [-0.2, -0.15) is 5.10 Å². The number of piperidine rings is 1.